The zero-order valence-electron chi connectivity index (χ0n) is 14.4. The molecule has 0 aromatic heterocycles. The highest BCUT2D eigenvalue weighted by molar-refractivity contribution is 7.99. The molecule has 1 aliphatic rings. The molecule has 1 atom stereocenters. The Morgan fingerprint density at radius 2 is 1.88 bits per heavy atom. The Morgan fingerprint density at radius 3 is 2.32 bits per heavy atom. The van der Waals surface area contributed by atoms with Gasteiger partial charge in [-0.1, -0.05) is 0 Å². The second-order valence-corrected chi connectivity index (χ2v) is 9.39. The average molecular weight is 386 g/mol. The molecular formula is C16H22N2O5S2. The molecule has 2 N–H and O–H groups in total. The topological polar surface area (TPSA) is 104 Å². The van der Waals surface area contributed by atoms with Gasteiger partial charge in [-0.15, -0.1) is 0 Å². The van der Waals surface area contributed by atoms with Crippen molar-refractivity contribution in [3.05, 3.63) is 29.8 Å². The number of amides is 1. The van der Waals surface area contributed by atoms with Crippen molar-refractivity contribution < 1.29 is 23.1 Å². The predicted octanol–water partition coefficient (Wildman–Crippen LogP) is 1.41. The minimum absolute atomic E-state index is 0.0876. The van der Waals surface area contributed by atoms with E-state index in [4.69, 9.17) is 0 Å². The van der Waals surface area contributed by atoms with Crippen LogP contribution in [0.3, 0.4) is 0 Å². The van der Waals surface area contributed by atoms with Crippen molar-refractivity contribution in [3.8, 4) is 0 Å². The van der Waals surface area contributed by atoms with Crippen LogP contribution in [0.2, 0.25) is 0 Å². The van der Waals surface area contributed by atoms with Crippen LogP contribution in [0, 0.1) is 0 Å². The average Bonchev–Trinajstić information content (AvgIpc) is 3.04. The largest absolute Gasteiger partial charge is 0.479 e. The van der Waals surface area contributed by atoms with E-state index in [0.29, 0.717) is 17.9 Å². The predicted molar refractivity (Wildman–Crippen MR) is 96.3 cm³/mol. The summed E-state index contributed by atoms with van der Waals surface area (Å²) in [7, 11) is -2.13. The molecule has 7 nitrogen and oxygen atoms in total. The number of hydrogen-bond acceptors (Lipinski definition) is 5. The van der Waals surface area contributed by atoms with E-state index in [2.05, 4.69) is 5.32 Å². The number of thioether (sulfide) groups is 1. The monoisotopic (exact) mass is 386 g/mol. The molecule has 138 valence electrons. The molecule has 1 fully saturated rings. The van der Waals surface area contributed by atoms with E-state index >= 15 is 0 Å². The van der Waals surface area contributed by atoms with Crippen LogP contribution in [0.25, 0.3) is 0 Å². The van der Waals surface area contributed by atoms with Crippen molar-refractivity contribution >= 4 is 33.7 Å². The molecule has 0 saturated carbocycles. The fourth-order valence-corrected chi connectivity index (χ4v) is 5.09. The first-order valence-corrected chi connectivity index (χ1v) is 10.4. The highest BCUT2D eigenvalue weighted by Crippen LogP contribution is 2.28. The summed E-state index contributed by atoms with van der Waals surface area (Å²) in [6, 6.07) is 5.32. The Hall–Kier alpha value is -1.58. The van der Waals surface area contributed by atoms with Gasteiger partial charge in [-0.05, 0) is 50.3 Å². The molecule has 9 heteroatoms. The Balaban J connectivity index is 2.20. The molecule has 0 aliphatic carbocycles. The molecule has 1 amide bonds. The third-order valence-corrected chi connectivity index (χ3v) is 7.54. The van der Waals surface area contributed by atoms with Crippen LogP contribution < -0.4 is 5.32 Å². The van der Waals surface area contributed by atoms with Gasteiger partial charge < -0.3 is 10.4 Å². The van der Waals surface area contributed by atoms with E-state index in [1.807, 2.05) is 0 Å². The fourth-order valence-electron chi connectivity index (χ4n) is 2.40. The Kier molecular flexibility index (Phi) is 5.80. The van der Waals surface area contributed by atoms with E-state index in [0.717, 1.165) is 0 Å². The van der Waals surface area contributed by atoms with Gasteiger partial charge in [0.2, 0.25) is 10.0 Å². The minimum atomic E-state index is -3.62. The van der Waals surface area contributed by atoms with E-state index in [-0.39, 0.29) is 16.5 Å². The van der Waals surface area contributed by atoms with Gasteiger partial charge in [0.1, 0.15) is 5.54 Å². The molecule has 1 aliphatic heterocycles. The maximum atomic E-state index is 12.4. The van der Waals surface area contributed by atoms with Crippen molar-refractivity contribution in [2.45, 2.75) is 36.7 Å². The minimum Gasteiger partial charge on any atom is -0.479 e. The molecule has 1 unspecified atom stereocenters. The Labute approximate surface area is 151 Å². The number of carbonyl (C=O) groups excluding carboxylic acids is 1. The number of nitrogens with one attached hydrogen (secondary N) is 1. The van der Waals surface area contributed by atoms with Crippen LogP contribution >= 0.6 is 11.8 Å². The lowest BCUT2D eigenvalue weighted by Gasteiger charge is -2.24. The zero-order chi connectivity index (χ0) is 18.8. The third-order valence-electron chi connectivity index (χ3n) is 4.30. The maximum Gasteiger partial charge on any atom is 0.330 e. The number of aliphatic carboxylic acids is 1. The first-order valence-electron chi connectivity index (χ1n) is 7.82. The van der Waals surface area contributed by atoms with Gasteiger partial charge in [-0.2, -0.15) is 16.1 Å². The van der Waals surface area contributed by atoms with E-state index < -0.39 is 27.4 Å². The summed E-state index contributed by atoms with van der Waals surface area (Å²) >= 11 is 1.48. The number of rotatable bonds is 6. The lowest BCUT2D eigenvalue weighted by Crippen LogP contribution is -2.54. The van der Waals surface area contributed by atoms with Crippen molar-refractivity contribution in [2.75, 3.05) is 18.6 Å². The summed E-state index contributed by atoms with van der Waals surface area (Å²) in [5.74, 6) is -0.583. The van der Waals surface area contributed by atoms with Gasteiger partial charge >= 0.3 is 5.97 Å². The normalized spacial score (nSPS) is 20.8. The highest BCUT2D eigenvalue weighted by Gasteiger charge is 2.43. The molecule has 1 aromatic carbocycles. The van der Waals surface area contributed by atoms with Crippen molar-refractivity contribution in [1.29, 1.82) is 0 Å². The summed E-state index contributed by atoms with van der Waals surface area (Å²) in [6.07, 6.45) is 0.365. The number of hydrogen-bond donors (Lipinski definition) is 2. The number of sulfonamides is 1. The standard InChI is InChI=1S/C16H22N2O5S2/c1-11(2)18(3)25(22,23)13-6-4-12(5-7-13)14(19)17-16(15(20)21)8-9-24-10-16/h4-7,11H,8-10H2,1-3H3,(H,17,19)(H,20,21). The second kappa shape index (κ2) is 7.35. The summed E-state index contributed by atoms with van der Waals surface area (Å²) < 4.78 is 26.1. The van der Waals surface area contributed by atoms with Gasteiger partial charge in [-0.25, -0.2) is 13.2 Å². The molecule has 1 heterocycles. The van der Waals surface area contributed by atoms with Crippen LogP contribution in [0.4, 0.5) is 0 Å². The summed E-state index contributed by atoms with van der Waals surface area (Å²) in [5, 5.41) is 12.0. The molecule has 25 heavy (non-hydrogen) atoms. The number of carbonyl (C=O) groups is 2. The van der Waals surface area contributed by atoms with Crippen LogP contribution in [0.5, 0.6) is 0 Å². The quantitative estimate of drug-likeness (QED) is 0.766. The molecule has 0 bridgehead atoms. The Bertz CT molecular complexity index is 753. The van der Waals surface area contributed by atoms with Gasteiger partial charge in [0.05, 0.1) is 4.90 Å². The Morgan fingerprint density at radius 1 is 1.28 bits per heavy atom. The number of benzene rings is 1. The smallest absolute Gasteiger partial charge is 0.330 e. The van der Waals surface area contributed by atoms with Gasteiger partial charge in [0.25, 0.3) is 5.91 Å². The van der Waals surface area contributed by atoms with Gasteiger partial charge in [0, 0.05) is 24.4 Å². The van der Waals surface area contributed by atoms with Crippen LogP contribution in [-0.4, -0.2) is 59.8 Å². The van der Waals surface area contributed by atoms with Gasteiger partial charge in [-0.3, -0.25) is 4.79 Å². The molecule has 0 radical (unpaired) electrons. The summed E-state index contributed by atoms with van der Waals surface area (Å²) in [4.78, 5) is 24.0. The van der Waals surface area contributed by atoms with Crippen LogP contribution in [0.15, 0.2) is 29.2 Å². The molecule has 1 saturated heterocycles. The molecule has 2 rings (SSSR count). The van der Waals surface area contributed by atoms with E-state index in [1.165, 1.54) is 47.4 Å². The summed E-state index contributed by atoms with van der Waals surface area (Å²) in [6.45, 7) is 3.54. The maximum absolute atomic E-state index is 12.4. The highest BCUT2D eigenvalue weighted by atomic mass is 32.2. The van der Waals surface area contributed by atoms with Crippen LogP contribution in [0.1, 0.15) is 30.6 Å². The zero-order valence-corrected chi connectivity index (χ0v) is 16.0. The first kappa shape index (κ1) is 19.7. The molecule has 1 aromatic rings. The van der Waals surface area contributed by atoms with E-state index in [9.17, 15) is 23.1 Å². The molecule has 0 spiro atoms. The first-order chi connectivity index (χ1) is 11.6. The van der Waals surface area contributed by atoms with Crippen molar-refractivity contribution in [1.82, 2.24) is 9.62 Å². The lowest BCUT2D eigenvalue weighted by molar-refractivity contribution is -0.143. The summed E-state index contributed by atoms with van der Waals surface area (Å²) in [5.41, 5.74) is -1.03. The van der Waals surface area contributed by atoms with Gasteiger partial charge in [0.15, 0.2) is 0 Å². The SMILES string of the molecule is CC(C)N(C)S(=O)(=O)c1ccc(C(=O)NC2(C(=O)O)CCSC2)cc1. The van der Waals surface area contributed by atoms with Crippen molar-refractivity contribution in [2.24, 2.45) is 0 Å². The number of nitrogens with zero attached hydrogens (tertiary/aromatic N) is 1. The lowest BCUT2D eigenvalue weighted by atomic mass is 9.98. The molecular weight excluding hydrogens is 364 g/mol. The van der Waals surface area contributed by atoms with Crippen molar-refractivity contribution in [3.63, 3.8) is 0 Å². The fraction of sp³-hybridized carbons (Fsp3) is 0.500. The second-order valence-electron chi connectivity index (χ2n) is 6.28. The number of carboxylic acids is 1. The van der Waals surface area contributed by atoms with E-state index in [1.54, 1.807) is 13.8 Å². The van der Waals surface area contributed by atoms with Crippen LogP contribution in [-0.2, 0) is 14.8 Å². The third kappa shape index (κ3) is 3.99. The number of carboxylic acid groups (broad SMARTS) is 1.